The molecule has 3 nitrogen and oxygen atoms in total. The van der Waals surface area contributed by atoms with E-state index in [1.54, 1.807) is 0 Å². The first-order valence-electron chi connectivity index (χ1n) is 5.48. The van der Waals surface area contributed by atoms with E-state index in [-0.39, 0.29) is 5.82 Å². The summed E-state index contributed by atoms with van der Waals surface area (Å²) in [7, 11) is 0. The Morgan fingerprint density at radius 1 is 1.38 bits per heavy atom. The van der Waals surface area contributed by atoms with Crippen molar-refractivity contribution in [2.24, 2.45) is 5.73 Å². The molecular weight excluding hydrogens is 273 g/mol. The Morgan fingerprint density at radius 2 is 2.06 bits per heavy atom. The molecule has 5 heteroatoms. The highest BCUT2D eigenvalue weighted by atomic mass is 79.9. The van der Waals surface area contributed by atoms with E-state index in [4.69, 9.17) is 5.73 Å². The van der Waals surface area contributed by atoms with Crippen LogP contribution in [-0.2, 0) is 0 Å². The van der Waals surface area contributed by atoms with Gasteiger partial charge in [0.25, 0.3) is 0 Å². The topological polar surface area (TPSA) is 50.9 Å². The number of hydrogen-bond acceptors (Lipinski definition) is 3. The van der Waals surface area contributed by atoms with Gasteiger partial charge in [0, 0.05) is 18.2 Å². The van der Waals surface area contributed by atoms with Crippen LogP contribution in [0.1, 0.15) is 25.7 Å². The number of aromatic nitrogens is 1. The minimum atomic E-state index is -0.321. The van der Waals surface area contributed by atoms with E-state index in [1.807, 2.05) is 0 Å². The Bertz CT molecular complexity index is 364. The number of hydrogen-bond donors (Lipinski definition) is 2. The summed E-state index contributed by atoms with van der Waals surface area (Å²) in [6.45, 7) is 0. The number of anilines is 1. The molecule has 3 N–H and O–H groups in total. The van der Waals surface area contributed by atoms with Crippen LogP contribution in [0.15, 0.2) is 16.9 Å². The number of halogens is 2. The predicted octanol–water partition coefficient (Wildman–Crippen LogP) is 2.67. The molecule has 1 aliphatic rings. The summed E-state index contributed by atoms with van der Waals surface area (Å²) in [5.74, 6) is -0.321. The van der Waals surface area contributed by atoms with Gasteiger partial charge in [-0.15, -0.1) is 0 Å². The van der Waals surface area contributed by atoms with Crippen molar-refractivity contribution in [2.45, 2.75) is 37.8 Å². The molecule has 0 amide bonds. The zero-order valence-electron chi connectivity index (χ0n) is 8.92. The van der Waals surface area contributed by atoms with Crippen LogP contribution in [0, 0.1) is 5.82 Å². The summed E-state index contributed by atoms with van der Waals surface area (Å²) in [6, 6.07) is 2.16. The number of pyridine rings is 1. The lowest BCUT2D eigenvalue weighted by Gasteiger charge is -2.27. The van der Waals surface area contributed by atoms with Gasteiger partial charge in [-0.1, -0.05) is 0 Å². The fourth-order valence-electron chi connectivity index (χ4n) is 2.01. The third-order valence-electron chi connectivity index (χ3n) is 2.94. The molecule has 0 bridgehead atoms. The van der Waals surface area contributed by atoms with Crippen molar-refractivity contribution < 1.29 is 4.39 Å². The molecule has 16 heavy (non-hydrogen) atoms. The fourth-order valence-corrected chi connectivity index (χ4v) is 2.34. The maximum Gasteiger partial charge on any atom is 0.143 e. The molecule has 1 heterocycles. The molecule has 1 aliphatic carbocycles. The molecule has 1 aromatic heterocycles. The second-order valence-corrected chi connectivity index (χ2v) is 5.00. The minimum Gasteiger partial charge on any atom is -0.380 e. The highest BCUT2D eigenvalue weighted by Crippen LogP contribution is 2.25. The zero-order valence-corrected chi connectivity index (χ0v) is 10.5. The molecule has 1 aromatic rings. The van der Waals surface area contributed by atoms with Gasteiger partial charge in [0.1, 0.15) is 10.4 Å². The van der Waals surface area contributed by atoms with E-state index < -0.39 is 0 Å². The van der Waals surface area contributed by atoms with Crippen LogP contribution in [0.3, 0.4) is 0 Å². The summed E-state index contributed by atoms with van der Waals surface area (Å²) >= 11 is 3.30. The Morgan fingerprint density at radius 3 is 2.75 bits per heavy atom. The van der Waals surface area contributed by atoms with E-state index in [9.17, 15) is 4.39 Å². The van der Waals surface area contributed by atoms with Crippen LogP contribution in [0.2, 0.25) is 0 Å². The maximum absolute atomic E-state index is 13.0. The molecule has 0 spiro atoms. The fraction of sp³-hybridized carbons (Fsp3) is 0.545. The van der Waals surface area contributed by atoms with Gasteiger partial charge in [-0.2, -0.15) is 0 Å². The Kier molecular flexibility index (Phi) is 3.76. The van der Waals surface area contributed by atoms with Crippen molar-refractivity contribution in [2.75, 3.05) is 5.32 Å². The van der Waals surface area contributed by atoms with Crippen LogP contribution in [-0.4, -0.2) is 17.1 Å². The van der Waals surface area contributed by atoms with Gasteiger partial charge in [0.15, 0.2) is 0 Å². The van der Waals surface area contributed by atoms with Gasteiger partial charge in [0.2, 0.25) is 0 Å². The Balaban J connectivity index is 2.00. The highest BCUT2D eigenvalue weighted by Gasteiger charge is 2.19. The van der Waals surface area contributed by atoms with Crippen LogP contribution in [0.25, 0.3) is 0 Å². The lowest BCUT2D eigenvalue weighted by Crippen LogP contribution is -2.32. The quantitative estimate of drug-likeness (QED) is 0.823. The van der Waals surface area contributed by atoms with Gasteiger partial charge < -0.3 is 11.1 Å². The number of nitrogens with one attached hydrogen (secondary N) is 1. The van der Waals surface area contributed by atoms with Crippen molar-refractivity contribution in [1.82, 2.24) is 4.98 Å². The van der Waals surface area contributed by atoms with Gasteiger partial charge in [-0.05, 0) is 41.6 Å². The number of nitrogens with zero attached hydrogens (tertiary/aromatic N) is 1. The average molecular weight is 288 g/mol. The summed E-state index contributed by atoms with van der Waals surface area (Å²) < 4.78 is 13.7. The summed E-state index contributed by atoms with van der Waals surface area (Å²) in [6.07, 6.45) is 5.32. The molecular formula is C11H15BrFN3. The second kappa shape index (κ2) is 5.10. The third kappa shape index (κ3) is 2.92. The molecule has 0 unspecified atom stereocenters. The third-order valence-corrected chi connectivity index (χ3v) is 3.57. The first-order chi connectivity index (χ1) is 7.65. The zero-order chi connectivity index (χ0) is 11.5. The predicted molar refractivity (Wildman–Crippen MR) is 65.7 cm³/mol. The molecule has 0 saturated heterocycles. The van der Waals surface area contributed by atoms with E-state index in [0.29, 0.717) is 16.7 Å². The maximum atomic E-state index is 13.0. The normalized spacial score (nSPS) is 25.4. The van der Waals surface area contributed by atoms with Gasteiger partial charge in [0.05, 0.1) is 11.9 Å². The highest BCUT2D eigenvalue weighted by molar-refractivity contribution is 9.10. The number of rotatable bonds is 2. The van der Waals surface area contributed by atoms with Gasteiger partial charge in [-0.25, -0.2) is 9.37 Å². The lowest BCUT2D eigenvalue weighted by molar-refractivity contribution is 0.411. The smallest absolute Gasteiger partial charge is 0.143 e. The molecule has 1 saturated carbocycles. The SMILES string of the molecule is NC1CCC(Nc2cc(F)cnc2Br)CC1. The van der Waals surface area contributed by atoms with Crippen molar-refractivity contribution in [1.29, 1.82) is 0 Å². The first kappa shape index (κ1) is 11.8. The van der Waals surface area contributed by atoms with E-state index in [1.165, 1.54) is 12.3 Å². The lowest BCUT2D eigenvalue weighted by atomic mass is 9.92. The molecule has 0 aromatic carbocycles. The monoisotopic (exact) mass is 287 g/mol. The van der Waals surface area contributed by atoms with Crippen molar-refractivity contribution >= 4 is 21.6 Å². The molecule has 1 fully saturated rings. The standard InChI is InChI=1S/C11H15BrFN3/c12-11-10(5-7(13)6-15-11)16-9-3-1-8(14)2-4-9/h5-6,8-9,16H,1-4,14H2. The van der Waals surface area contributed by atoms with Crippen LogP contribution >= 0.6 is 15.9 Å². The Hall–Kier alpha value is -0.680. The Labute approximate surface area is 103 Å². The largest absolute Gasteiger partial charge is 0.380 e. The van der Waals surface area contributed by atoms with E-state index >= 15 is 0 Å². The molecule has 88 valence electrons. The van der Waals surface area contributed by atoms with Crippen molar-refractivity contribution in [3.63, 3.8) is 0 Å². The van der Waals surface area contributed by atoms with E-state index in [2.05, 4.69) is 26.2 Å². The first-order valence-corrected chi connectivity index (χ1v) is 6.27. The average Bonchev–Trinajstić information content (AvgIpc) is 2.27. The van der Waals surface area contributed by atoms with Crippen molar-refractivity contribution in [3.8, 4) is 0 Å². The van der Waals surface area contributed by atoms with Gasteiger partial charge >= 0.3 is 0 Å². The van der Waals surface area contributed by atoms with Crippen LogP contribution < -0.4 is 11.1 Å². The second-order valence-electron chi connectivity index (χ2n) is 4.25. The summed E-state index contributed by atoms with van der Waals surface area (Å²) in [5, 5.41) is 3.31. The molecule has 0 aliphatic heterocycles. The van der Waals surface area contributed by atoms with Crippen LogP contribution in [0.4, 0.5) is 10.1 Å². The molecule has 0 radical (unpaired) electrons. The van der Waals surface area contributed by atoms with Crippen LogP contribution in [0.5, 0.6) is 0 Å². The molecule has 2 rings (SSSR count). The minimum absolute atomic E-state index is 0.321. The van der Waals surface area contributed by atoms with Crippen molar-refractivity contribution in [3.05, 3.63) is 22.7 Å². The summed E-state index contributed by atoms with van der Waals surface area (Å²) in [4.78, 5) is 3.91. The molecule has 0 atom stereocenters. The van der Waals surface area contributed by atoms with Gasteiger partial charge in [-0.3, -0.25) is 0 Å². The van der Waals surface area contributed by atoms with E-state index in [0.717, 1.165) is 31.4 Å². The number of nitrogens with two attached hydrogens (primary N) is 1. The summed E-state index contributed by atoms with van der Waals surface area (Å²) in [5.41, 5.74) is 6.56.